The molecular formula is C22H19ClN4O2. The highest BCUT2D eigenvalue weighted by Gasteiger charge is 2.08. The van der Waals surface area contributed by atoms with Gasteiger partial charge >= 0.3 is 0 Å². The summed E-state index contributed by atoms with van der Waals surface area (Å²) in [5.41, 5.74) is 6.26. The van der Waals surface area contributed by atoms with E-state index in [4.69, 9.17) is 20.8 Å². The van der Waals surface area contributed by atoms with Crippen molar-refractivity contribution in [1.29, 1.82) is 0 Å². The fourth-order valence-electron chi connectivity index (χ4n) is 3.02. The van der Waals surface area contributed by atoms with Crippen molar-refractivity contribution in [2.24, 2.45) is 5.10 Å². The lowest BCUT2D eigenvalue weighted by Gasteiger charge is -2.07. The van der Waals surface area contributed by atoms with Gasteiger partial charge in [0.15, 0.2) is 0 Å². The molecule has 0 aliphatic carbocycles. The minimum Gasteiger partial charge on any atom is -0.497 e. The quantitative estimate of drug-likeness (QED) is 0.477. The van der Waals surface area contributed by atoms with Crippen molar-refractivity contribution >= 4 is 28.5 Å². The van der Waals surface area contributed by atoms with E-state index in [0.29, 0.717) is 27.7 Å². The molecule has 2 heterocycles. The van der Waals surface area contributed by atoms with Gasteiger partial charge in [0.05, 0.1) is 12.5 Å². The Hall–Kier alpha value is -3.38. The molecule has 4 rings (SSSR count). The highest BCUT2D eigenvalue weighted by atomic mass is 35.5. The first-order valence-electron chi connectivity index (χ1n) is 9.02. The summed E-state index contributed by atoms with van der Waals surface area (Å²) in [5, 5.41) is 6.58. The molecule has 2 aromatic carbocycles. The van der Waals surface area contributed by atoms with Crippen LogP contribution in [0.4, 0.5) is 5.95 Å². The van der Waals surface area contributed by atoms with Crippen molar-refractivity contribution in [3.63, 3.8) is 0 Å². The Labute approximate surface area is 172 Å². The Balaban J connectivity index is 1.84. The standard InChI is InChI=1S/C22H19ClN4O2/c1-13-10-14(2)25-22(24-13)27-26-19-12-21(15-4-7-17(28-3)8-5-15)29-20-9-6-16(23)11-18(19)20/h4-12H,1-3H3,(H,24,25,27). The second-order valence-corrected chi connectivity index (χ2v) is 7.00. The van der Waals surface area contributed by atoms with Gasteiger partial charge in [-0.2, -0.15) is 5.10 Å². The molecule has 0 radical (unpaired) electrons. The summed E-state index contributed by atoms with van der Waals surface area (Å²) in [6.45, 7) is 3.83. The van der Waals surface area contributed by atoms with Gasteiger partial charge in [0, 0.05) is 33.4 Å². The van der Waals surface area contributed by atoms with Gasteiger partial charge in [0.1, 0.15) is 17.1 Å². The van der Waals surface area contributed by atoms with E-state index in [0.717, 1.165) is 28.1 Å². The van der Waals surface area contributed by atoms with Gasteiger partial charge in [0.2, 0.25) is 5.95 Å². The number of benzene rings is 2. The molecule has 6 nitrogen and oxygen atoms in total. The molecule has 0 unspecified atom stereocenters. The Morgan fingerprint density at radius 3 is 2.38 bits per heavy atom. The number of rotatable bonds is 4. The van der Waals surface area contributed by atoms with Gasteiger partial charge in [-0.25, -0.2) is 15.4 Å². The molecule has 2 aromatic heterocycles. The largest absolute Gasteiger partial charge is 0.497 e. The summed E-state index contributed by atoms with van der Waals surface area (Å²) in [7, 11) is 1.64. The lowest BCUT2D eigenvalue weighted by Crippen LogP contribution is -2.09. The van der Waals surface area contributed by atoms with Crippen LogP contribution in [0.3, 0.4) is 0 Å². The minimum absolute atomic E-state index is 0.435. The van der Waals surface area contributed by atoms with Crippen LogP contribution < -0.4 is 15.5 Å². The fourth-order valence-corrected chi connectivity index (χ4v) is 3.19. The zero-order chi connectivity index (χ0) is 20.4. The maximum absolute atomic E-state index is 6.20. The Morgan fingerprint density at radius 1 is 0.966 bits per heavy atom. The van der Waals surface area contributed by atoms with Crippen molar-refractivity contribution in [3.05, 3.63) is 76.4 Å². The molecule has 0 saturated heterocycles. The number of methoxy groups -OCH3 is 1. The molecule has 0 bridgehead atoms. The third kappa shape index (κ3) is 4.22. The number of hydrogen-bond acceptors (Lipinski definition) is 6. The van der Waals surface area contributed by atoms with Crippen LogP contribution in [0.2, 0.25) is 5.02 Å². The van der Waals surface area contributed by atoms with Crippen molar-refractivity contribution in [1.82, 2.24) is 9.97 Å². The predicted octanol–water partition coefficient (Wildman–Crippen LogP) is 5.10. The van der Waals surface area contributed by atoms with Crippen LogP contribution in [0.25, 0.3) is 22.3 Å². The zero-order valence-electron chi connectivity index (χ0n) is 16.2. The molecule has 0 fully saturated rings. The molecule has 0 aliphatic rings. The number of hydrogen-bond donors (Lipinski definition) is 1. The molecule has 146 valence electrons. The summed E-state index contributed by atoms with van der Waals surface area (Å²) in [6.07, 6.45) is 0. The SMILES string of the molecule is COc1ccc(-c2cc(=NNc3nc(C)cc(C)n3)c3cc(Cl)ccc3o2)cc1. The summed E-state index contributed by atoms with van der Waals surface area (Å²) in [5.74, 6) is 1.88. The molecule has 0 saturated carbocycles. The van der Waals surface area contributed by atoms with Crippen LogP contribution in [0, 0.1) is 13.8 Å². The average Bonchev–Trinajstić information content (AvgIpc) is 2.71. The van der Waals surface area contributed by atoms with Crippen LogP contribution in [-0.2, 0) is 0 Å². The molecule has 0 atom stereocenters. The van der Waals surface area contributed by atoms with Crippen molar-refractivity contribution in [2.45, 2.75) is 13.8 Å². The Kier molecular flexibility index (Phi) is 5.18. The first kappa shape index (κ1) is 19.0. The maximum Gasteiger partial charge on any atom is 0.243 e. The minimum atomic E-state index is 0.435. The molecule has 0 aliphatic heterocycles. The number of nitrogens with zero attached hydrogens (tertiary/aromatic N) is 3. The number of fused-ring (bicyclic) bond motifs is 1. The number of anilines is 1. The number of nitrogens with one attached hydrogen (secondary N) is 1. The number of halogens is 1. The van der Waals surface area contributed by atoms with E-state index < -0.39 is 0 Å². The number of aromatic nitrogens is 2. The van der Waals surface area contributed by atoms with Gasteiger partial charge in [0.25, 0.3) is 0 Å². The average molecular weight is 407 g/mol. The molecule has 7 heteroatoms. The predicted molar refractivity (Wildman–Crippen MR) is 114 cm³/mol. The van der Waals surface area contributed by atoms with E-state index in [9.17, 15) is 0 Å². The van der Waals surface area contributed by atoms with Gasteiger partial charge in [-0.15, -0.1) is 0 Å². The third-order valence-electron chi connectivity index (χ3n) is 4.34. The van der Waals surface area contributed by atoms with Crippen molar-refractivity contribution in [2.75, 3.05) is 12.5 Å². The monoisotopic (exact) mass is 406 g/mol. The van der Waals surface area contributed by atoms with E-state index in [1.54, 1.807) is 13.2 Å². The van der Waals surface area contributed by atoms with Gasteiger partial charge in [-0.1, -0.05) is 11.6 Å². The smallest absolute Gasteiger partial charge is 0.243 e. The fraction of sp³-hybridized carbons (Fsp3) is 0.136. The van der Waals surface area contributed by atoms with Crippen LogP contribution in [0.5, 0.6) is 5.75 Å². The Bertz CT molecular complexity index is 1230. The normalized spacial score (nSPS) is 11.7. The van der Waals surface area contributed by atoms with Crippen LogP contribution in [0.15, 0.2) is 64.1 Å². The van der Waals surface area contributed by atoms with Crippen molar-refractivity contribution in [3.8, 4) is 17.1 Å². The highest BCUT2D eigenvalue weighted by Crippen LogP contribution is 2.25. The first-order chi connectivity index (χ1) is 14.0. The van der Waals surface area contributed by atoms with Gasteiger partial charge in [-0.3, -0.25) is 0 Å². The van der Waals surface area contributed by atoms with E-state index >= 15 is 0 Å². The second kappa shape index (κ2) is 7.93. The van der Waals surface area contributed by atoms with Gasteiger partial charge < -0.3 is 9.15 Å². The van der Waals surface area contributed by atoms with Crippen LogP contribution in [-0.4, -0.2) is 17.1 Å². The third-order valence-corrected chi connectivity index (χ3v) is 4.57. The van der Waals surface area contributed by atoms with Crippen molar-refractivity contribution < 1.29 is 9.15 Å². The topological polar surface area (TPSA) is 72.5 Å². The Morgan fingerprint density at radius 2 is 1.69 bits per heavy atom. The summed E-state index contributed by atoms with van der Waals surface area (Å²) >= 11 is 6.20. The summed E-state index contributed by atoms with van der Waals surface area (Å²) in [6, 6.07) is 16.8. The van der Waals surface area contributed by atoms with E-state index in [-0.39, 0.29) is 0 Å². The first-order valence-corrected chi connectivity index (χ1v) is 9.39. The molecule has 0 amide bonds. The highest BCUT2D eigenvalue weighted by molar-refractivity contribution is 6.31. The van der Waals surface area contributed by atoms with E-state index in [1.807, 2.05) is 62.4 Å². The maximum atomic E-state index is 6.20. The van der Waals surface area contributed by atoms with E-state index in [2.05, 4.69) is 20.5 Å². The zero-order valence-corrected chi connectivity index (χ0v) is 17.0. The lowest BCUT2D eigenvalue weighted by atomic mass is 10.1. The number of ether oxygens (including phenoxy) is 1. The number of aryl methyl sites for hydroxylation is 2. The molecule has 29 heavy (non-hydrogen) atoms. The molecular weight excluding hydrogens is 388 g/mol. The van der Waals surface area contributed by atoms with E-state index in [1.165, 1.54) is 0 Å². The summed E-state index contributed by atoms with van der Waals surface area (Å²) in [4.78, 5) is 8.73. The van der Waals surface area contributed by atoms with Crippen LogP contribution in [0.1, 0.15) is 11.4 Å². The molecule has 0 spiro atoms. The summed E-state index contributed by atoms with van der Waals surface area (Å²) < 4.78 is 11.3. The molecule has 1 N–H and O–H groups in total. The van der Waals surface area contributed by atoms with Gasteiger partial charge in [-0.05, 0) is 62.4 Å². The van der Waals surface area contributed by atoms with Crippen LogP contribution >= 0.6 is 11.6 Å². The molecule has 4 aromatic rings. The second-order valence-electron chi connectivity index (χ2n) is 6.56. The lowest BCUT2D eigenvalue weighted by molar-refractivity contribution is 0.415.